The Morgan fingerprint density at radius 3 is 2.89 bits per heavy atom. The molecule has 0 bridgehead atoms. The van der Waals surface area contributed by atoms with Crippen molar-refractivity contribution >= 4 is 11.8 Å². The van der Waals surface area contributed by atoms with Gasteiger partial charge in [0.15, 0.2) is 0 Å². The second-order valence-corrected chi connectivity index (χ2v) is 6.27. The van der Waals surface area contributed by atoms with E-state index in [0.717, 1.165) is 24.9 Å². The monoisotopic (exact) mass is 263 g/mol. The van der Waals surface area contributed by atoms with Crippen molar-refractivity contribution in [1.29, 1.82) is 0 Å². The summed E-state index contributed by atoms with van der Waals surface area (Å²) >= 11 is 1.95. The SMILES string of the molecule is c1ccc(SCC2CCCO2)c(CNC2CC2)c1. The molecule has 98 valence electrons. The molecule has 1 aromatic rings. The zero-order valence-corrected chi connectivity index (χ0v) is 11.5. The van der Waals surface area contributed by atoms with E-state index in [9.17, 15) is 0 Å². The van der Waals surface area contributed by atoms with Crippen LogP contribution in [0.15, 0.2) is 29.2 Å². The molecule has 2 aliphatic rings. The minimum atomic E-state index is 0.472. The third-order valence-electron chi connectivity index (χ3n) is 3.58. The molecule has 1 N–H and O–H groups in total. The van der Waals surface area contributed by atoms with Crippen LogP contribution in [0.1, 0.15) is 31.2 Å². The molecule has 3 rings (SSSR count). The Kier molecular flexibility index (Phi) is 4.24. The molecule has 0 spiro atoms. The molecule has 0 aromatic heterocycles. The van der Waals surface area contributed by atoms with Crippen LogP contribution in [0.25, 0.3) is 0 Å². The van der Waals surface area contributed by atoms with Crippen molar-refractivity contribution in [3.05, 3.63) is 29.8 Å². The molecule has 1 aliphatic carbocycles. The van der Waals surface area contributed by atoms with E-state index in [1.54, 1.807) is 0 Å². The Hall–Kier alpha value is -0.510. The standard InChI is InChI=1S/C15H21NOS/c1-2-6-15(18-11-14-5-3-9-17-14)12(4-1)10-16-13-7-8-13/h1-2,4,6,13-14,16H,3,5,7-11H2. The second-order valence-electron chi connectivity index (χ2n) is 5.21. The number of ether oxygens (including phenoxy) is 1. The summed E-state index contributed by atoms with van der Waals surface area (Å²) in [5.74, 6) is 1.10. The Labute approximate surface area is 113 Å². The van der Waals surface area contributed by atoms with Gasteiger partial charge < -0.3 is 10.1 Å². The van der Waals surface area contributed by atoms with Gasteiger partial charge in [-0.05, 0) is 37.3 Å². The zero-order chi connectivity index (χ0) is 12.2. The molecule has 1 heterocycles. The lowest BCUT2D eigenvalue weighted by atomic mass is 10.2. The topological polar surface area (TPSA) is 21.3 Å². The van der Waals surface area contributed by atoms with Crippen LogP contribution >= 0.6 is 11.8 Å². The van der Waals surface area contributed by atoms with Crippen LogP contribution in [-0.2, 0) is 11.3 Å². The molecule has 1 aliphatic heterocycles. The van der Waals surface area contributed by atoms with E-state index in [1.807, 2.05) is 11.8 Å². The quantitative estimate of drug-likeness (QED) is 0.796. The maximum Gasteiger partial charge on any atom is 0.0669 e. The minimum Gasteiger partial charge on any atom is -0.377 e. The number of thioether (sulfide) groups is 1. The third-order valence-corrected chi connectivity index (χ3v) is 4.83. The highest BCUT2D eigenvalue weighted by Gasteiger charge is 2.21. The minimum absolute atomic E-state index is 0.472. The van der Waals surface area contributed by atoms with E-state index < -0.39 is 0 Å². The Morgan fingerprint density at radius 1 is 1.22 bits per heavy atom. The predicted octanol–water partition coefficient (Wildman–Crippen LogP) is 3.21. The number of benzene rings is 1. The molecule has 1 atom stereocenters. The van der Waals surface area contributed by atoms with Gasteiger partial charge in [0.05, 0.1) is 6.10 Å². The van der Waals surface area contributed by atoms with E-state index in [0.29, 0.717) is 6.10 Å². The van der Waals surface area contributed by atoms with Crippen LogP contribution < -0.4 is 5.32 Å². The van der Waals surface area contributed by atoms with Gasteiger partial charge in [0.2, 0.25) is 0 Å². The van der Waals surface area contributed by atoms with E-state index in [2.05, 4.69) is 29.6 Å². The van der Waals surface area contributed by atoms with Crippen molar-refractivity contribution in [2.45, 2.75) is 49.3 Å². The summed E-state index contributed by atoms with van der Waals surface area (Å²) < 4.78 is 5.69. The molecular formula is C15H21NOS. The molecule has 0 radical (unpaired) electrons. The van der Waals surface area contributed by atoms with Crippen molar-refractivity contribution in [2.75, 3.05) is 12.4 Å². The molecule has 1 unspecified atom stereocenters. The van der Waals surface area contributed by atoms with Gasteiger partial charge in [0.1, 0.15) is 0 Å². The average Bonchev–Trinajstić information content (AvgIpc) is 3.09. The van der Waals surface area contributed by atoms with E-state index in [4.69, 9.17) is 4.74 Å². The first-order valence-electron chi connectivity index (χ1n) is 6.97. The van der Waals surface area contributed by atoms with Gasteiger partial charge in [0.25, 0.3) is 0 Å². The number of nitrogens with one attached hydrogen (secondary N) is 1. The maximum atomic E-state index is 5.69. The largest absolute Gasteiger partial charge is 0.377 e. The van der Waals surface area contributed by atoms with Gasteiger partial charge in [-0.1, -0.05) is 18.2 Å². The van der Waals surface area contributed by atoms with Crippen LogP contribution in [0.5, 0.6) is 0 Å². The highest BCUT2D eigenvalue weighted by molar-refractivity contribution is 7.99. The average molecular weight is 263 g/mol. The summed E-state index contributed by atoms with van der Waals surface area (Å²) in [5, 5.41) is 3.60. The third kappa shape index (κ3) is 3.50. The lowest BCUT2D eigenvalue weighted by Gasteiger charge is -2.12. The van der Waals surface area contributed by atoms with E-state index >= 15 is 0 Å². The van der Waals surface area contributed by atoms with Crippen LogP contribution in [0.2, 0.25) is 0 Å². The summed E-state index contributed by atoms with van der Waals surface area (Å²) in [4.78, 5) is 1.42. The number of rotatable bonds is 6. The van der Waals surface area contributed by atoms with Crippen molar-refractivity contribution in [1.82, 2.24) is 5.32 Å². The molecule has 18 heavy (non-hydrogen) atoms. The number of hydrogen-bond acceptors (Lipinski definition) is 3. The van der Waals surface area contributed by atoms with Gasteiger partial charge in [-0.25, -0.2) is 0 Å². The normalized spacial score (nSPS) is 23.4. The van der Waals surface area contributed by atoms with Gasteiger partial charge in [-0.15, -0.1) is 11.8 Å². The lowest BCUT2D eigenvalue weighted by Crippen LogP contribution is -2.16. The smallest absolute Gasteiger partial charge is 0.0669 e. The lowest BCUT2D eigenvalue weighted by molar-refractivity contribution is 0.129. The Balaban J connectivity index is 1.55. The van der Waals surface area contributed by atoms with Crippen LogP contribution in [-0.4, -0.2) is 24.5 Å². The molecule has 1 saturated carbocycles. The van der Waals surface area contributed by atoms with Crippen molar-refractivity contribution < 1.29 is 4.74 Å². The molecule has 3 heteroatoms. The van der Waals surface area contributed by atoms with Gasteiger partial charge in [-0.2, -0.15) is 0 Å². The van der Waals surface area contributed by atoms with Gasteiger partial charge >= 0.3 is 0 Å². The summed E-state index contributed by atoms with van der Waals surface area (Å²) in [5.41, 5.74) is 1.44. The van der Waals surface area contributed by atoms with Gasteiger partial charge in [-0.3, -0.25) is 0 Å². The highest BCUT2D eigenvalue weighted by Crippen LogP contribution is 2.27. The molecular weight excluding hydrogens is 242 g/mol. The molecule has 2 nitrogen and oxygen atoms in total. The fourth-order valence-corrected chi connectivity index (χ4v) is 3.42. The number of hydrogen-bond donors (Lipinski definition) is 1. The highest BCUT2D eigenvalue weighted by atomic mass is 32.2. The van der Waals surface area contributed by atoms with Crippen molar-refractivity contribution in [3.8, 4) is 0 Å². The summed E-state index contributed by atoms with van der Waals surface area (Å²) in [6, 6.07) is 9.54. The van der Waals surface area contributed by atoms with Crippen LogP contribution in [0, 0.1) is 0 Å². The Morgan fingerprint density at radius 2 is 2.11 bits per heavy atom. The Bertz CT molecular complexity index is 386. The summed E-state index contributed by atoms with van der Waals surface area (Å²) in [7, 11) is 0. The second kappa shape index (κ2) is 6.09. The molecule has 0 amide bonds. The predicted molar refractivity (Wildman–Crippen MR) is 76.0 cm³/mol. The summed E-state index contributed by atoms with van der Waals surface area (Å²) in [6.07, 6.45) is 5.64. The fourth-order valence-electron chi connectivity index (χ4n) is 2.29. The molecule has 1 aromatic carbocycles. The van der Waals surface area contributed by atoms with E-state index in [-0.39, 0.29) is 0 Å². The van der Waals surface area contributed by atoms with Crippen LogP contribution in [0.4, 0.5) is 0 Å². The zero-order valence-electron chi connectivity index (χ0n) is 10.7. The van der Waals surface area contributed by atoms with E-state index in [1.165, 1.54) is 36.1 Å². The van der Waals surface area contributed by atoms with Gasteiger partial charge in [0, 0.05) is 29.8 Å². The first kappa shape index (κ1) is 12.5. The van der Waals surface area contributed by atoms with Crippen molar-refractivity contribution in [3.63, 3.8) is 0 Å². The maximum absolute atomic E-state index is 5.69. The van der Waals surface area contributed by atoms with Crippen LogP contribution in [0.3, 0.4) is 0 Å². The fraction of sp³-hybridized carbons (Fsp3) is 0.600. The molecule has 1 saturated heterocycles. The first-order chi connectivity index (χ1) is 8.92. The summed E-state index contributed by atoms with van der Waals surface area (Å²) in [6.45, 7) is 1.97. The van der Waals surface area contributed by atoms with Crippen molar-refractivity contribution in [2.24, 2.45) is 0 Å². The first-order valence-corrected chi connectivity index (χ1v) is 7.96. The molecule has 2 fully saturated rings.